The highest BCUT2D eigenvalue weighted by Crippen LogP contribution is 2.12. The van der Waals surface area contributed by atoms with E-state index in [1.165, 1.54) is 0 Å². The van der Waals surface area contributed by atoms with E-state index in [0.29, 0.717) is 17.2 Å². The lowest BCUT2D eigenvalue weighted by Gasteiger charge is -2.13. The van der Waals surface area contributed by atoms with Crippen molar-refractivity contribution in [3.63, 3.8) is 0 Å². The van der Waals surface area contributed by atoms with Gasteiger partial charge in [0.05, 0.1) is 0 Å². The molecule has 0 unspecified atom stereocenters. The van der Waals surface area contributed by atoms with E-state index in [-0.39, 0.29) is 0 Å². The summed E-state index contributed by atoms with van der Waals surface area (Å²) in [4.78, 5) is 8.64. The largest absolute Gasteiger partial charge is 0.371 e. The van der Waals surface area contributed by atoms with Crippen molar-refractivity contribution < 1.29 is 0 Å². The molecule has 18 heavy (non-hydrogen) atoms. The minimum Gasteiger partial charge on any atom is -0.371 e. The Balaban J connectivity index is 3.29. The van der Waals surface area contributed by atoms with Gasteiger partial charge in [0, 0.05) is 24.5 Å². The Hall–Kier alpha value is -2.09. The topological polar surface area (TPSA) is 73.6 Å². The molecule has 2 N–H and O–H groups in total. The van der Waals surface area contributed by atoms with Gasteiger partial charge in [-0.05, 0) is 33.8 Å². The average Bonchev–Trinajstić information content (AvgIpc) is 2.29. The number of nitrogens with one attached hydrogen (secondary N) is 2. The van der Waals surface area contributed by atoms with Crippen molar-refractivity contribution in [1.29, 1.82) is 5.26 Å². The van der Waals surface area contributed by atoms with E-state index in [0.717, 1.165) is 24.5 Å². The summed E-state index contributed by atoms with van der Waals surface area (Å²) < 4.78 is 0. The number of aromatic nitrogens is 2. The standard InChI is InChI=1S/C13H19N5/c1-5-15-12(16-6-2)11(8-14)13-17-9(3)7-10(4)18-13/h7,15-16H,5-6H2,1-4H3. The summed E-state index contributed by atoms with van der Waals surface area (Å²) >= 11 is 0. The first-order chi connectivity index (χ1) is 8.62. The molecule has 0 radical (unpaired) electrons. The fraction of sp³-hybridized carbons (Fsp3) is 0.462. The molecule has 1 aromatic heterocycles. The van der Waals surface area contributed by atoms with E-state index in [2.05, 4.69) is 26.7 Å². The molecular formula is C13H19N5. The molecule has 0 fully saturated rings. The summed E-state index contributed by atoms with van der Waals surface area (Å²) in [6.07, 6.45) is 0. The highest BCUT2D eigenvalue weighted by atomic mass is 15.1. The number of hydrogen-bond acceptors (Lipinski definition) is 5. The molecule has 1 aromatic rings. The number of nitrogens with zero attached hydrogens (tertiary/aromatic N) is 3. The quantitative estimate of drug-likeness (QED) is 0.769. The Morgan fingerprint density at radius 2 is 1.67 bits per heavy atom. The molecule has 1 heterocycles. The zero-order chi connectivity index (χ0) is 13.5. The predicted octanol–water partition coefficient (Wildman–Crippen LogP) is 1.50. The number of allylic oxidation sites excluding steroid dienone is 1. The van der Waals surface area contributed by atoms with Crippen molar-refractivity contribution in [2.75, 3.05) is 13.1 Å². The first-order valence-corrected chi connectivity index (χ1v) is 6.07. The summed E-state index contributed by atoms with van der Waals surface area (Å²) in [7, 11) is 0. The van der Waals surface area contributed by atoms with Crippen LogP contribution in [0.3, 0.4) is 0 Å². The van der Waals surface area contributed by atoms with Crippen LogP contribution in [-0.2, 0) is 0 Å². The molecule has 96 valence electrons. The molecule has 0 aromatic carbocycles. The fourth-order valence-electron chi connectivity index (χ4n) is 1.65. The van der Waals surface area contributed by atoms with E-state index >= 15 is 0 Å². The first-order valence-electron chi connectivity index (χ1n) is 6.07. The Labute approximate surface area is 108 Å². The van der Waals surface area contributed by atoms with Gasteiger partial charge < -0.3 is 10.6 Å². The van der Waals surface area contributed by atoms with Crippen molar-refractivity contribution in [1.82, 2.24) is 20.6 Å². The number of nitriles is 1. The molecule has 0 saturated carbocycles. The number of rotatable bonds is 5. The van der Waals surface area contributed by atoms with Gasteiger partial charge in [0.25, 0.3) is 0 Å². The van der Waals surface area contributed by atoms with Gasteiger partial charge in [0.15, 0.2) is 5.82 Å². The summed E-state index contributed by atoms with van der Waals surface area (Å²) in [6, 6.07) is 4.06. The zero-order valence-corrected chi connectivity index (χ0v) is 11.3. The number of aryl methyl sites for hydroxylation is 2. The molecule has 0 bridgehead atoms. The van der Waals surface area contributed by atoms with Crippen LogP contribution in [0.15, 0.2) is 11.9 Å². The second-order valence-electron chi connectivity index (χ2n) is 3.90. The van der Waals surface area contributed by atoms with Crippen LogP contribution < -0.4 is 10.6 Å². The molecule has 0 atom stereocenters. The SMILES string of the molecule is CCNC(NCC)=C(C#N)c1nc(C)cc(C)n1. The van der Waals surface area contributed by atoms with Gasteiger partial charge in [-0.25, -0.2) is 9.97 Å². The van der Waals surface area contributed by atoms with Crippen molar-refractivity contribution in [2.45, 2.75) is 27.7 Å². The van der Waals surface area contributed by atoms with Crippen molar-refractivity contribution in [2.24, 2.45) is 0 Å². The second kappa shape index (κ2) is 6.60. The predicted molar refractivity (Wildman–Crippen MR) is 71.4 cm³/mol. The highest BCUT2D eigenvalue weighted by Gasteiger charge is 2.12. The molecule has 0 amide bonds. The highest BCUT2D eigenvalue weighted by molar-refractivity contribution is 5.74. The minimum absolute atomic E-state index is 0.450. The Kier molecular flexibility index (Phi) is 5.12. The van der Waals surface area contributed by atoms with Crippen LogP contribution in [0.25, 0.3) is 5.57 Å². The normalized spacial score (nSPS) is 9.50. The molecule has 5 heteroatoms. The molecule has 0 aliphatic carbocycles. The van der Waals surface area contributed by atoms with Gasteiger partial charge in [-0.1, -0.05) is 0 Å². The van der Waals surface area contributed by atoms with E-state index in [1.807, 2.05) is 33.8 Å². The molecule has 0 aliphatic rings. The summed E-state index contributed by atoms with van der Waals surface area (Å²) in [5, 5.41) is 15.6. The third kappa shape index (κ3) is 3.45. The molecular weight excluding hydrogens is 226 g/mol. The van der Waals surface area contributed by atoms with E-state index in [1.54, 1.807) is 0 Å². The Morgan fingerprint density at radius 3 is 2.06 bits per heavy atom. The molecule has 0 spiro atoms. The minimum atomic E-state index is 0.450. The van der Waals surface area contributed by atoms with Gasteiger partial charge in [0.1, 0.15) is 17.5 Å². The second-order valence-corrected chi connectivity index (χ2v) is 3.90. The van der Waals surface area contributed by atoms with Gasteiger partial charge >= 0.3 is 0 Å². The molecule has 5 nitrogen and oxygen atoms in total. The molecule has 0 saturated heterocycles. The summed E-state index contributed by atoms with van der Waals surface area (Å²) in [6.45, 7) is 9.22. The van der Waals surface area contributed by atoms with Crippen LogP contribution in [0, 0.1) is 25.2 Å². The first kappa shape index (κ1) is 14.0. The van der Waals surface area contributed by atoms with Crippen molar-refractivity contribution in [3.05, 3.63) is 29.1 Å². The average molecular weight is 245 g/mol. The molecule has 1 rings (SSSR count). The fourth-order valence-corrected chi connectivity index (χ4v) is 1.65. The Bertz CT molecular complexity index is 456. The Morgan fingerprint density at radius 1 is 1.17 bits per heavy atom. The van der Waals surface area contributed by atoms with Crippen molar-refractivity contribution in [3.8, 4) is 6.07 Å². The van der Waals surface area contributed by atoms with Crippen LogP contribution >= 0.6 is 0 Å². The monoisotopic (exact) mass is 245 g/mol. The summed E-state index contributed by atoms with van der Waals surface area (Å²) in [5.74, 6) is 1.15. The van der Waals surface area contributed by atoms with E-state index in [9.17, 15) is 5.26 Å². The van der Waals surface area contributed by atoms with Gasteiger partial charge in [-0.15, -0.1) is 0 Å². The third-order valence-corrected chi connectivity index (χ3v) is 2.27. The van der Waals surface area contributed by atoms with Crippen LogP contribution in [0.4, 0.5) is 0 Å². The van der Waals surface area contributed by atoms with E-state index in [4.69, 9.17) is 0 Å². The van der Waals surface area contributed by atoms with Crippen LogP contribution in [0.2, 0.25) is 0 Å². The lowest BCUT2D eigenvalue weighted by atomic mass is 10.2. The van der Waals surface area contributed by atoms with Gasteiger partial charge in [-0.2, -0.15) is 5.26 Å². The smallest absolute Gasteiger partial charge is 0.174 e. The van der Waals surface area contributed by atoms with Crippen molar-refractivity contribution >= 4 is 5.57 Å². The zero-order valence-electron chi connectivity index (χ0n) is 11.3. The maximum atomic E-state index is 9.32. The number of hydrogen-bond donors (Lipinski definition) is 2. The lowest BCUT2D eigenvalue weighted by Crippen LogP contribution is -2.27. The van der Waals surface area contributed by atoms with E-state index < -0.39 is 0 Å². The third-order valence-electron chi connectivity index (χ3n) is 2.27. The van der Waals surface area contributed by atoms with Gasteiger partial charge in [-0.3, -0.25) is 0 Å². The lowest BCUT2D eigenvalue weighted by molar-refractivity contribution is 0.723. The summed E-state index contributed by atoms with van der Waals surface area (Å²) in [5.41, 5.74) is 2.17. The van der Waals surface area contributed by atoms with Crippen LogP contribution in [-0.4, -0.2) is 23.1 Å². The molecule has 0 aliphatic heterocycles. The van der Waals surface area contributed by atoms with Crippen LogP contribution in [0.5, 0.6) is 0 Å². The maximum Gasteiger partial charge on any atom is 0.174 e. The van der Waals surface area contributed by atoms with Gasteiger partial charge in [0.2, 0.25) is 0 Å². The maximum absolute atomic E-state index is 9.32. The van der Waals surface area contributed by atoms with Crippen LogP contribution in [0.1, 0.15) is 31.1 Å².